The van der Waals surface area contributed by atoms with Gasteiger partial charge in [-0.3, -0.25) is 0 Å². The fraction of sp³-hybridized carbons (Fsp3) is 0.200. The van der Waals surface area contributed by atoms with Crippen LogP contribution in [0.2, 0.25) is 10.0 Å². The predicted molar refractivity (Wildman–Crippen MR) is 78.1 cm³/mol. The number of benzene rings is 2. The Morgan fingerprint density at radius 2 is 1.75 bits per heavy atom. The molecule has 1 atom stereocenters. The van der Waals surface area contributed by atoms with E-state index in [1.54, 1.807) is 25.1 Å². The molecule has 2 aromatic rings. The summed E-state index contributed by atoms with van der Waals surface area (Å²) in [5, 5.41) is 4.17. The van der Waals surface area contributed by atoms with Crippen LogP contribution < -0.4 is 5.32 Å². The second kappa shape index (κ2) is 6.53. The van der Waals surface area contributed by atoms with Crippen LogP contribution in [0.1, 0.15) is 24.1 Å². The summed E-state index contributed by atoms with van der Waals surface area (Å²) in [6.07, 6.45) is 0. The molecule has 0 aromatic heterocycles. The van der Waals surface area contributed by atoms with E-state index in [0.29, 0.717) is 16.6 Å². The minimum Gasteiger partial charge on any atom is -0.306 e. The Bertz CT molecular complexity index is 597. The van der Waals surface area contributed by atoms with Gasteiger partial charge in [0, 0.05) is 33.8 Å². The summed E-state index contributed by atoms with van der Waals surface area (Å²) in [4.78, 5) is 0. The molecule has 0 fully saturated rings. The molecule has 0 heterocycles. The number of nitrogens with one attached hydrogen (secondary N) is 1. The summed E-state index contributed by atoms with van der Waals surface area (Å²) in [5.41, 5.74) is 1.01. The first-order valence-corrected chi connectivity index (χ1v) is 6.86. The van der Waals surface area contributed by atoms with Crippen molar-refractivity contribution in [3.05, 3.63) is 69.2 Å². The van der Waals surface area contributed by atoms with Crippen molar-refractivity contribution in [2.75, 3.05) is 0 Å². The van der Waals surface area contributed by atoms with Crippen molar-refractivity contribution < 1.29 is 8.78 Å². The molecule has 0 amide bonds. The normalized spacial score (nSPS) is 12.4. The van der Waals surface area contributed by atoms with E-state index in [9.17, 15) is 8.78 Å². The Morgan fingerprint density at radius 3 is 2.40 bits per heavy atom. The topological polar surface area (TPSA) is 12.0 Å². The summed E-state index contributed by atoms with van der Waals surface area (Å²) in [7, 11) is 0. The highest BCUT2D eigenvalue weighted by Gasteiger charge is 2.13. The Hall–Kier alpha value is -1.16. The molecule has 2 aromatic carbocycles. The molecular formula is C15H13Cl2F2N. The Labute approximate surface area is 126 Å². The van der Waals surface area contributed by atoms with Crippen molar-refractivity contribution in [3.8, 4) is 0 Å². The Kier molecular flexibility index (Phi) is 4.97. The summed E-state index contributed by atoms with van der Waals surface area (Å²) < 4.78 is 26.8. The van der Waals surface area contributed by atoms with Crippen LogP contribution in [-0.2, 0) is 6.54 Å². The molecule has 20 heavy (non-hydrogen) atoms. The summed E-state index contributed by atoms with van der Waals surface area (Å²) >= 11 is 12.1. The van der Waals surface area contributed by atoms with Crippen LogP contribution in [0, 0.1) is 11.6 Å². The monoisotopic (exact) mass is 315 g/mol. The molecule has 1 nitrogen and oxygen atoms in total. The molecule has 0 aliphatic rings. The second-order valence-corrected chi connectivity index (χ2v) is 5.28. The first-order valence-electron chi connectivity index (χ1n) is 6.10. The lowest BCUT2D eigenvalue weighted by atomic mass is 10.1. The summed E-state index contributed by atoms with van der Waals surface area (Å²) in [5.74, 6) is -0.914. The summed E-state index contributed by atoms with van der Waals surface area (Å²) in [6.45, 7) is 2.12. The van der Waals surface area contributed by atoms with Gasteiger partial charge in [0.25, 0.3) is 0 Å². The Morgan fingerprint density at radius 1 is 1.10 bits per heavy atom. The molecule has 1 unspecified atom stereocenters. The first kappa shape index (κ1) is 15.2. The molecule has 106 valence electrons. The molecule has 2 rings (SSSR count). The molecule has 0 spiro atoms. The molecule has 0 radical (unpaired) electrons. The molecule has 0 saturated heterocycles. The molecule has 0 bridgehead atoms. The van der Waals surface area contributed by atoms with Crippen LogP contribution in [0.25, 0.3) is 0 Å². The van der Waals surface area contributed by atoms with Gasteiger partial charge in [-0.2, -0.15) is 0 Å². The lowest BCUT2D eigenvalue weighted by molar-refractivity contribution is 0.519. The van der Waals surface area contributed by atoms with E-state index in [0.717, 1.165) is 17.7 Å². The Balaban J connectivity index is 2.13. The summed E-state index contributed by atoms with van der Waals surface area (Å²) in [6, 6.07) is 8.25. The maximum Gasteiger partial charge on any atom is 0.128 e. The van der Waals surface area contributed by atoms with Crippen molar-refractivity contribution in [1.29, 1.82) is 0 Å². The molecule has 0 aliphatic carbocycles. The van der Waals surface area contributed by atoms with Crippen LogP contribution in [0.4, 0.5) is 8.78 Å². The number of hydrogen-bond donors (Lipinski definition) is 1. The van der Waals surface area contributed by atoms with Gasteiger partial charge < -0.3 is 5.32 Å². The van der Waals surface area contributed by atoms with Gasteiger partial charge in [-0.05, 0) is 37.3 Å². The number of rotatable bonds is 4. The van der Waals surface area contributed by atoms with Gasteiger partial charge >= 0.3 is 0 Å². The zero-order chi connectivity index (χ0) is 14.7. The third kappa shape index (κ3) is 3.48. The SMILES string of the molecule is CC(NCc1c(Cl)cccc1Cl)c1cc(F)ccc1F. The van der Waals surface area contributed by atoms with Crippen molar-refractivity contribution >= 4 is 23.2 Å². The van der Waals surface area contributed by atoms with Gasteiger partial charge in [0.15, 0.2) is 0 Å². The van der Waals surface area contributed by atoms with E-state index < -0.39 is 11.6 Å². The molecule has 0 saturated carbocycles. The van der Waals surface area contributed by atoms with Crippen molar-refractivity contribution in [3.63, 3.8) is 0 Å². The van der Waals surface area contributed by atoms with Gasteiger partial charge in [0.1, 0.15) is 11.6 Å². The number of halogens is 4. The van der Waals surface area contributed by atoms with E-state index in [1.165, 1.54) is 6.07 Å². The smallest absolute Gasteiger partial charge is 0.128 e. The third-order valence-corrected chi connectivity index (χ3v) is 3.78. The largest absolute Gasteiger partial charge is 0.306 e. The maximum atomic E-state index is 13.6. The van der Waals surface area contributed by atoms with E-state index in [-0.39, 0.29) is 11.6 Å². The third-order valence-electron chi connectivity index (χ3n) is 3.07. The van der Waals surface area contributed by atoms with Gasteiger partial charge in [-0.1, -0.05) is 29.3 Å². The van der Waals surface area contributed by atoms with E-state index in [1.807, 2.05) is 0 Å². The first-order chi connectivity index (χ1) is 9.49. The van der Waals surface area contributed by atoms with Crippen molar-refractivity contribution in [2.45, 2.75) is 19.5 Å². The second-order valence-electron chi connectivity index (χ2n) is 4.47. The maximum absolute atomic E-state index is 13.6. The molecule has 5 heteroatoms. The van der Waals surface area contributed by atoms with Gasteiger partial charge in [-0.15, -0.1) is 0 Å². The van der Waals surface area contributed by atoms with Crippen molar-refractivity contribution in [1.82, 2.24) is 5.32 Å². The zero-order valence-electron chi connectivity index (χ0n) is 10.8. The highest BCUT2D eigenvalue weighted by atomic mass is 35.5. The van der Waals surface area contributed by atoms with Crippen LogP contribution in [0.15, 0.2) is 36.4 Å². The van der Waals surface area contributed by atoms with Gasteiger partial charge in [0.05, 0.1) is 0 Å². The van der Waals surface area contributed by atoms with E-state index >= 15 is 0 Å². The van der Waals surface area contributed by atoms with Gasteiger partial charge in [-0.25, -0.2) is 8.78 Å². The van der Waals surface area contributed by atoms with Crippen LogP contribution in [0.3, 0.4) is 0 Å². The minimum absolute atomic E-state index is 0.271. The zero-order valence-corrected chi connectivity index (χ0v) is 12.3. The van der Waals surface area contributed by atoms with Crippen molar-refractivity contribution in [2.24, 2.45) is 0 Å². The quantitative estimate of drug-likeness (QED) is 0.825. The van der Waals surface area contributed by atoms with E-state index in [4.69, 9.17) is 23.2 Å². The highest BCUT2D eigenvalue weighted by molar-refractivity contribution is 6.35. The average Bonchev–Trinajstić information content (AvgIpc) is 2.40. The molecule has 1 N–H and O–H groups in total. The fourth-order valence-electron chi connectivity index (χ4n) is 1.91. The van der Waals surface area contributed by atoms with Gasteiger partial charge in [0.2, 0.25) is 0 Å². The predicted octanol–water partition coefficient (Wildman–Crippen LogP) is 5.12. The standard InChI is InChI=1S/C15H13Cl2F2N/c1-9(11-7-10(18)5-6-15(11)19)20-8-12-13(16)3-2-4-14(12)17/h2-7,9,20H,8H2,1H3. The average molecular weight is 316 g/mol. The minimum atomic E-state index is -0.467. The van der Waals surface area contributed by atoms with Crippen LogP contribution in [0.5, 0.6) is 0 Å². The van der Waals surface area contributed by atoms with E-state index in [2.05, 4.69) is 5.32 Å². The fourth-order valence-corrected chi connectivity index (χ4v) is 2.44. The molecular weight excluding hydrogens is 303 g/mol. The van der Waals surface area contributed by atoms with Crippen LogP contribution >= 0.6 is 23.2 Å². The lowest BCUT2D eigenvalue weighted by Gasteiger charge is -2.16. The van der Waals surface area contributed by atoms with Crippen LogP contribution in [-0.4, -0.2) is 0 Å². The lowest BCUT2D eigenvalue weighted by Crippen LogP contribution is -2.19. The number of hydrogen-bond acceptors (Lipinski definition) is 1. The molecule has 0 aliphatic heterocycles. The highest BCUT2D eigenvalue weighted by Crippen LogP contribution is 2.25.